The Kier molecular flexibility index (Phi) is 12.8. The monoisotopic (exact) mass is 498 g/mol. The summed E-state index contributed by atoms with van der Waals surface area (Å²) in [7, 11) is 0. The first-order chi connectivity index (χ1) is 13.4. The van der Waals surface area contributed by atoms with Gasteiger partial charge in [-0.2, -0.15) is 0 Å². The first kappa shape index (κ1) is 25.8. The van der Waals surface area contributed by atoms with E-state index < -0.39 is 0 Å². The van der Waals surface area contributed by atoms with E-state index in [-0.39, 0.29) is 3.42 Å². The van der Waals surface area contributed by atoms with Crippen LogP contribution >= 0.6 is 22.6 Å². The molecule has 1 nitrogen and oxygen atoms in total. The summed E-state index contributed by atoms with van der Waals surface area (Å²) in [4.78, 5) is 0. The summed E-state index contributed by atoms with van der Waals surface area (Å²) >= 11 is 2.75. The molecule has 0 radical (unpaired) electrons. The maximum atomic E-state index is 5.94. The molecule has 2 atom stereocenters. The Morgan fingerprint density at radius 1 is 1.00 bits per heavy atom. The molecule has 0 aromatic heterocycles. The second-order valence-corrected chi connectivity index (χ2v) is 10.9. The van der Waals surface area contributed by atoms with Gasteiger partial charge in [0.25, 0.3) is 0 Å². The molecule has 2 heteroatoms. The van der Waals surface area contributed by atoms with E-state index in [0.29, 0.717) is 5.92 Å². The summed E-state index contributed by atoms with van der Waals surface area (Å²) in [6, 6.07) is 0. The molecule has 0 spiro atoms. The second kappa shape index (κ2) is 13.9. The molecule has 1 aliphatic carbocycles. The Balaban J connectivity index is 2.90. The third-order valence-corrected chi connectivity index (χ3v) is 8.76. The van der Waals surface area contributed by atoms with Crippen LogP contribution in [-0.2, 0) is 0 Å². The highest BCUT2D eigenvalue weighted by atomic mass is 127. The fraction of sp³-hybridized carbons (Fsp3) is 0.769. The Labute approximate surface area is 190 Å². The lowest BCUT2D eigenvalue weighted by Crippen LogP contribution is -2.58. The summed E-state index contributed by atoms with van der Waals surface area (Å²) in [6.45, 7) is 13.8. The minimum Gasteiger partial charge on any atom is -0.312 e. The van der Waals surface area contributed by atoms with Gasteiger partial charge in [-0.05, 0) is 44.4 Å². The van der Waals surface area contributed by atoms with Gasteiger partial charge >= 0.3 is 0 Å². The lowest BCUT2D eigenvalue weighted by Gasteiger charge is -2.46. The SMILES string of the molecule is C#CC[N+](CCCCCCC)(CCCCCCC)CC1(I)C(C)=CC=CC1C. The maximum Gasteiger partial charge on any atom is 0.140 e. The fourth-order valence-corrected chi connectivity index (χ4v) is 5.66. The number of quaternary nitrogens is 1. The van der Waals surface area contributed by atoms with E-state index in [9.17, 15) is 0 Å². The van der Waals surface area contributed by atoms with Crippen LogP contribution in [0.4, 0.5) is 0 Å². The molecule has 0 fully saturated rings. The smallest absolute Gasteiger partial charge is 0.140 e. The van der Waals surface area contributed by atoms with Gasteiger partial charge in [-0.3, -0.25) is 0 Å². The predicted molar refractivity (Wildman–Crippen MR) is 135 cm³/mol. The van der Waals surface area contributed by atoms with E-state index in [0.717, 1.165) is 11.0 Å². The third-order valence-electron chi connectivity index (χ3n) is 6.59. The first-order valence-electron chi connectivity index (χ1n) is 11.8. The van der Waals surface area contributed by atoms with E-state index in [1.165, 1.54) is 89.4 Å². The lowest BCUT2D eigenvalue weighted by molar-refractivity contribution is -0.923. The van der Waals surface area contributed by atoms with Crippen molar-refractivity contribution in [2.75, 3.05) is 26.2 Å². The molecule has 0 aliphatic heterocycles. The van der Waals surface area contributed by atoms with Crippen LogP contribution < -0.4 is 0 Å². The van der Waals surface area contributed by atoms with Gasteiger partial charge in [0.2, 0.25) is 0 Å². The zero-order valence-corrected chi connectivity index (χ0v) is 21.3. The summed E-state index contributed by atoms with van der Waals surface area (Å²) in [5.41, 5.74) is 1.51. The van der Waals surface area contributed by atoms with Gasteiger partial charge in [0.15, 0.2) is 0 Å². The molecule has 1 rings (SSSR count). The summed E-state index contributed by atoms with van der Waals surface area (Å²) in [6.07, 6.45) is 26.3. The Hall–Kier alpha value is -0.270. The van der Waals surface area contributed by atoms with E-state index in [2.05, 4.69) is 74.4 Å². The van der Waals surface area contributed by atoms with Crippen molar-refractivity contribution in [3.63, 3.8) is 0 Å². The van der Waals surface area contributed by atoms with Crippen LogP contribution in [0.25, 0.3) is 0 Å². The van der Waals surface area contributed by atoms with Gasteiger partial charge < -0.3 is 4.48 Å². The van der Waals surface area contributed by atoms with Gasteiger partial charge in [-0.15, -0.1) is 6.42 Å². The van der Waals surface area contributed by atoms with Crippen LogP contribution in [0.3, 0.4) is 0 Å². The van der Waals surface area contributed by atoms with Crippen molar-refractivity contribution in [3.05, 3.63) is 23.8 Å². The molecule has 0 N–H and O–H groups in total. The predicted octanol–water partition coefficient (Wildman–Crippen LogP) is 7.70. The van der Waals surface area contributed by atoms with Gasteiger partial charge in [-0.25, -0.2) is 0 Å². The molecule has 28 heavy (non-hydrogen) atoms. The molecule has 0 saturated carbocycles. The molecule has 0 aromatic carbocycles. The standard InChI is InChI=1S/C26H45IN/c1-6-9-11-13-15-21-28(20-8-3,22-16-14-12-10-7-2)23-26(27)24(4)18-17-19-25(26)5/h3,17-19,24H,6-7,9-16,20-23H2,1-2,4-5H3/q+1. The van der Waals surface area contributed by atoms with Crippen LogP contribution in [0.2, 0.25) is 0 Å². The molecule has 0 amide bonds. The highest BCUT2D eigenvalue weighted by Crippen LogP contribution is 2.41. The number of terminal acetylenes is 1. The number of nitrogens with zero attached hydrogens (tertiary/aromatic N) is 1. The Morgan fingerprint density at radius 2 is 1.54 bits per heavy atom. The molecular formula is C26H45IN+. The van der Waals surface area contributed by atoms with E-state index >= 15 is 0 Å². The lowest BCUT2D eigenvalue weighted by atomic mass is 9.82. The number of hydrogen-bond donors (Lipinski definition) is 0. The minimum absolute atomic E-state index is 0.191. The highest BCUT2D eigenvalue weighted by molar-refractivity contribution is 14.1. The topological polar surface area (TPSA) is 0 Å². The second-order valence-electron chi connectivity index (χ2n) is 9.02. The number of rotatable bonds is 15. The van der Waals surface area contributed by atoms with Crippen LogP contribution in [0, 0.1) is 18.3 Å². The largest absolute Gasteiger partial charge is 0.312 e. The molecule has 0 aromatic rings. The van der Waals surface area contributed by atoms with E-state index in [4.69, 9.17) is 6.42 Å². The molecule has 0 bridgehead atoms. The number of hydrogen-bond acceptors (Lipinski definition) is 0. The minimum atomic E-state index is 0.191. The molecule has 160 valence electrons. The van der Waals surface area contributed by atoms with Gasteiger partial charge in [0.05, 0.1) is 23.1 Å². The van der Waals surface area contributed by atoms with Gasteiger partial charge in [0.1, 0.15) is 6.54 Å². The summed E-state index contributed by atoms with van der Waals surface area (Å²) < 4.78 is 1.30. The molecule has 0 saturated heterocycles. The average molecular weight is 499 g/mol. The zero-order valence-electron chi connectivity index (χ0n) is 19.1. The fourth-order valence-electron chi connectivity index (χ4n) is 4.55. The number of halogens is 1. The van der Waals surface area contributed by atoms with E-state index in [1.54, 1.807) is 0 Å². The normalized spacial score (nSPS) is 22.1. The van der Waals surface area contributed by atoms with Crippen LogP contribution in [0.1, 0.15) is 91.9 Å². The molecule has 0 heterocycles. The van der Waals surface area contributed by atoms with Crippen molar-refractivity contribution >= 4 is 22.6 Å². The van der Waals surface area contributed by atoms with Crippen LogP contribution in [0.15, 0.2) is 23.8 Å². The van der Waals surface area contributed by atoms with Gasteiger partial charge in [0, 0.05) is 0 Å². The first-order valence-corrected chi connectivity index (χ1v) is 12.8. The van der Waals surface area contributed by atoms with Crippen molar-refractivity contribution in [1.82, 2.24) is 0 Å². The molecule has 2 unspecified atom stereocenters. The summed E-state index contributed by atoms with van der Waals surface area (Å²) in [5, 5.41) is 0. The van der Waals surface area contributed by atoms with Crippen LogP contribution in [0.5, 0.6) is 0 Å². The average Bonchev–Trinajstić information content (AvgIpc) is 2.66. The van der Waals surface area contributed by atoms with Crippen molar-refractivity contribution in [2.45, 2.75) is 95.3 Å². The number of alkyl halides is 1. The van der Waals surface area contributed by atoms with Crippen molar-refractivity contribution in [3.8, 4) is 12.3 Å². The van der Waals surface area contributed by atoms with E-state index in [1.807, 2.05) is 0 Å². The highest BCUT2D eigenvalue weighted by Gasteiger charge is 2.43. The summed E-state index contributed by atoms with van der Waals surface area (Å²) in [5.74, 6) is 3.64. The molecular weight excluding hydrogens is 453 g/mol. The van der Waals surface area contributed by atoms with Crippen molar-refractivity contribution in [1.29, 1.82) is 0 Å². The Bertz CT molecular complexity index is 513. The molecule has 1 aliphatic rings. The number of allylic oxidation sites excluding steroid dienone is 3. The van der Waals surface area contributed by atoms with Crippen molar-refractivity contribution < 1.29 is 4.48 Å². The zero-order chi connectivity index (χ0) is 20.9. The third kappa shape index (κ3) is 8.23. The number of unbranched alkanes of at least 4 members (excludes halogenated alkanes) is 8. The Morgan fingerprint density at radius 3 is 2.00 bits per heavy atom. The van der Waals surface area contributed by atoms with Gasteiger partial charge in [-0.1, -0.05) is 106 Å². The van der Waals surface area contributed by atoms with Crippen LogP contribution in [-0.4, -0.2) is 34.1 Å². The maximum absolute atomic E-state index is 5.94. The van der Waals surface area contributed by atoms with Crippen molar-refractivity contribution in [2.24, 2.45) is 5.92 Å². The quantitative estimate of drug-likeness (QED) is 0.0713.